The molecule has 0 radical (unpaired) electrons. The Hall–Kier alpha value is -2.32. The van der Waals surface area contributed by atoms with Gasteiger partial charge in [-0.15, -0.1) is 5.10 Å². The number of carbonyl (C=O) groups is 1. The van der Waals surface area contributed by atoms with Crippen molar-refractivity contribution in [3.05, 3.63) is 41.2 Å². The molecule has 1 N–H and O–H groups in total. The van der Waals surface area contributed by atoms with E-state index in [1.165, 1.54) is 11.1 Å². The Morgan fingerprint density at radius 3 is 3.00 bits per heavy atom. The molecule has 1 aromatic heterocycles. The van der Waals surface area contributed by atoms with Crippen molar-refractivity contribution >= 4 is 5.91 Å². The predicted molar refractivity (Wildman–Crippen MR) is 98.8 cm³/mol. The van der Waals surface area contributed by atoms with Crippen LogP contribution in [0.3, 0.4) is 0 Å². The van der Waals surface area contributed by atoms with Gasteiger partial charge in [-0.1, -0.05) is 24.3 Å². The number of amides is 1. The van der Waals surface area contributed by atoms with Crippen LogP contribution < -0.4 is 5.32 Å². The molecule has 1 aliphatic carbocycles. The van der Waals surface area contributed by atoms with Crippen molar-refractivity contribution in [2.24, 2.45) is 0 Å². The molecule has 144 valence electrons. The molecule has 1 amide bonds. The fourth-order valence-electron chi connectivity index (χ4n) is 3.83. The van der Waals surface area contributed by atoms with E-state index in [0.29, 0.717) is 13.0 Å². The molecule has 1 atom stereocenters. The van der Waals surface area contributed by atoms with Crippen LogP contribution in [0.5, 0.6) is 0 Å². The van der Waals surface area contributed by atoms with E-state index < -0.39 is 0 Å². The number of aromatic nitrogens is 4. The third-order valence-electron chi connectivity index (χ3n) is 5.32. The van der Waals surface area contributed by atoms with Crippen LogP contribution in [0.4, 0.5) is 0 Å². The summed E-state index contributed by atoms with van der Waals surface area (Å²) in [4.78, 5) is 14.6. The highest BCUT2D eigenvalue weighted by Crippen LogP contribution is 2.30. The Balaban J connectivity index is 1.23. The van der Waals surface area contributed by atoms with Crippen LogP contribution in [-0.2, 0) is 29.0 Å². The maximum atomic E-state index is 12.3. The monoisotopic (exact) mass is 370 g/mol. The molecule has 0 saturated carbocycles. The lowest BCUT2D eigenvalue weighted by Gasteiger charge is -2.25. The van der Waals surface area contributed by atoms with Crippen molar-refractivity contribution in [1.29, 1.82) is 0 Å². The Bertz CT molecular complexity index is 771. The molecule has 27 heavy (non-hydrogen) atoms. The minimum Gasteiger partial charge on any atom is -0.379 e. The molecule has 0 spiro atoms. The van der Waals surface area contributed by atoms with Gasteiger partial charge in [-0.3, -0.25) is 9.69 Å². The standard InChI is InChI=1S/C19H26N6O2/c26-19(20-17-8-7-15-4-1-2-5-16(15)17)6-3-9-25-18(21-22-23-25)14-24-10-12-27-13-11-24/h1-2,4-5,17H,3,6-14H2,(H,20,26)/t17-/m0/s1. The number of morpholine rings is 1. The highest BCUT2D eigenvalue weighted by atomic mass is 16.5. The molecule has 1 aromatic carbocycles. The molecule has 0 unspecified atom stereocenters. The average molecular weight is 370 g/mol. The predicted octanol–water partition coefficient (Wildman–Crippen LogP) is 1.09. The van der Waals surface area contributed by atoms with E-state index in [0.717, 1.165) is 57.9 Å². The normalized spacial score (nSPS) is 19.8. The van der Waals surface area contributed by atoms with Gasteiger partial charge in [0.05, 0.1) is 25.8 Å². The summed E-state index contributed by atoms with van der Waals surface area (Å²) in [5.41, 5.74) is 2.61. The van der Waals surface area contributed by atoms with Gasteiger partial charge in [0.15, 0.2) is 5.82 Å². The lowest BCUT2D eigenvalue weighted by atomic mass is 10.1. The first-order valence-corrected chi connectivity index (χ1v) is 9.72. The molecule has 4 rings (SSSR count). The number of rotatable bonds is 7. The van der Waals surface area contributed by atoms with E-state index >= 15 is 0 Å². The number of nitrogens with one attached hydrogen (secondary N) is 1. The van der Waals surface area contributed by atoms with Crippen LogP contribution in [0.2, 0.25) is 0 Å². The number of nitrogens with zero attached hydrogens (tertiary/aromatic N) is 5. The summed E-state index contributed by atoms with van der Waals surface area (Å²) < 4.78 is 7.19. The Labute approximate surface area is 158 Å². The molecule has 0 bridgehead atoms. The molecule has 8 nitrogen and oxygen atoms in total. The van der Waals surface area contributed by atoms with Gasteiger partial charge in [0.2, 0.25) is 5.91 Å². The maximum absolute atomic E-state index is 12.3. The Morgan fingerprint density at radius 2 is 2.11 bits per heavy atom. The summed E-state index contributed by atoms with van der Waals surface area (Å²) in [6.07, 6.45) is 3.23. The third-order valence-corrected chi connectivity index (χ3v) is 5.32. The second-order valence-electron chi connectivity index (χ2n) is 7.17. The molecular weight excluding hydrogens is 344 g/mol. The van der Waals surface area contributed by atoms with Crippen LogP contribution in [0.25, 0.3) is 0 Å². The third kappa shape index (κ3) is 4.51. The highest BCUT2D eigenvalue weighted by Gasteiger charge is 2.23. The van der Waals surface area contributed by atoms with Crippen LogP contribution in [0.1, 0.15) is 42.3 Å². The van der Waals surface area contributed by atoms with Gasteiger partial charge < -0.3 is 10.1 Å². The van der Waals surface area contributed by atoms with E-state index in [-0.39, 0.29) is 11.9 Å². The summed E-state index contributed by atoms with van der Waals surface area (Å²) in [7, 11) is 0. The van der Waals surface area contributed by atoms with Gasteiger partial charge in [0.25, 0.3) is 0 Å². The Morgan fingerprint density at radius 1 is 1.26 bits per heavy atom. The van der Waals surface area contributed by atoms with Gasteiger partial charge >= 0.3 is 0 Å². The minimum absolute atomic E-state index is 0.0968. The van der Waals surface area contributed by atoms with Crippen molar-refractivity contribution in [3.63, 3.8) is 0 Å². The van der Waals surface area contributed by atoms with Crippen molar-refractivity contribution in [2.45, 2.75) is 44.8 Å². The largest absolute Gasteiger partial charge is 0.379 e. The van der Waals surface area contributed by atoms with Crippen LogP contribution >= 0.6 is 0 Å². The number of benzene rings is 1. The number of hydrogen-bond donors (Lipinski definition) is 1. The first-order chi connectivity index (χ1) is 13.3. The summed E-state index contributed by atoms with van der Waals surface area (Å²) in [5, 5.41) is 15.2. The lowest BCUT2D eigenvalue weighted by Crippen LogP contribution is -2.36. The van der Waals surface area contributed by atoms with Crippen molar-refractivity contribution in [1.82, 2.24) is 30.4 Å². The number of aryl methyl sites for hydroxylation is 2. The second-order valence-corrected chi connectivity index (χ2v) is 7.17. The first kappa shape index (κ1) is 18.1. The van der Waals surface area contributed by atoms with Crippen molar-refractivity contribution in [3.8, 4) is 0 Å². The van der Waals surface area contributed by atoms with Gasteiger partial charge in [0, 0.05) is 26.1 Å². The van der Waals surface area contributed by atoms with Gasteiger partial charge in [-0.25, -0.2) is 4.68 Å². The maximum Gasteiger partial charge on any atom is 0.220 e. The molecule has 1 aliphatic heterocycles. The number of carbonyl (C=O) groups excluding carboxylic acids is 1. The zero-order valence-electron chi connectivity index (χ0n) is 15.5. The number of ether oxygens (including phenoxy) is 1. The van der Waals surface area contributed by atoms with Crippen molar-refractivity contribution < 1.29 is 9.53 Å². The number of fused-ring (bicyclic) bond motifs is 1. The summed E-state index contributed by atoms with van der Waals surface area (Å²) in [6.45, 7) is 4.69. The highest BCUT2D eigenvalue weighted by molar-refractivity contribution is 5.76. The molecular formula is C19H26N6O2. The zero-order valence-corrected chi connectivity index (χ0v) is 15.5. The fraction of sp³-hybridized carbons (Fsp3) is 0.579. The van der Waals surface area contributed by atoms with Crippen LogP contribution in [0.15, 0.2) is 24.3 Å². The topological polar surface area (TPSA) is 85.2 Å². The zero-order chi connectivity index (χ0) is 18.5. The summed E-state index contributed by atoms with van der Waals surface area (Å²) >= 11 is 0. The van der Waals surface area contributed by atoms with Crippen LogP contribution in [0, 0.1) is 0 Å². The summed E-state index contributed by atoms with van der Waals surface area (Å²) in [6, 6.07) is 8.51. The number of tetrazole rings is 1. The molecule has 2 aromatic rings. The van der Waals surface area contributed by atoms with Gasteiger partial charge in [-0.05, 0) is 40.8 Å². The Kier molecular flexibility index (Phi) is 5.74. The number of hydrogen-bond acceptors (Lipinski definition) is 6. The van der Waals surface area contributed by atoms with Crippen molar-refractivity contribution in [2.75, 3.05) is 26.3 Å². The molecule has 2 heterocycles. The van der Waals surface area contributed by atoms with E-state index in [1.54, 1.807) is 0 Å². The molecule has 2 aliphatic rings. The fourth-order valence-corrected chi connectivity index (χ4v) is 3.83. The van der Waals surface area contributed by atoms with E-state index in [9.17, 15) is 4.79 Å². The quantitative estimate of drug-likeness (QED) is 0.785. The second kappa shape index (κ2) is 8.58. The first-order valence-electron chi connectivity index (χ1n) is 9.72. The minimum atomic E-state index is 0.0968. The SMILES string of the molecule is O=C(CCCn1nnnc1CN1CCOCC1)N[C@H]1CCc2ccccc21. The lowest BCUT2D eigenvalue weighted by molar-refractivity contribution is -0.122. The van der Waals surface area contributed by atoms with Crippen LogP contribution in [-0.4, -0.2) is 57.3 Å². The van der Waals surface area contributed by atoms with Gasteiger partial charge in [-0.2, -0.15) is 0 Å². The van der Waals surface area contributed by atoms with E-state index in [1.807, 2.05) is 10.7 Å². The summed E-state index contributed by atoms with van der Waals surface area (Å²) in [5.74, 6) is 0.946. The molecule has 8 heteroatoms. The smallest absolute Gasteiger partial charge is 0.220 e. The van der Waals surface area contributed by atoms with E-state index in [4.69, 9.17) is 4.74 Å². The van der Waals surface area contributed by atoms with E-state index in [2.05, 4.69) is 43.9 Å². The average Bonchev–Trinajstić information content (AvgIpc) is 3.30. The molecule has 1 fully saturated rings. The molecule has 1 saturated heterocycles. The van der Waals surface area contributed by atoms with Gasteiger partial charge in [0.1, 0.15) is 0 Å².